The topological polar surface area (TPSA) is 32.8 Å². The number of fused-ring (bicyclic) bond motifs is 3. The summed E-state index contributed by atoms with van der Waals surface area (Å²) in [6, 6.07) is 8.26. The van der Waals surface area contributed by atoms with E-state index in [0.717, 1.165) is 24.4 Å². The highest BCUT2D eigenvalue weighted by atomic mass is 16.5. The van der Waals surface area contributed by atoms with Gasteiger partial charge in [0.25, 0.3) is 0 Å². The molecule has 0 aromatic heterocycles. The van der Waals surface area contributed by atoms with Crippen molar-refractivity contribution in [1.82, 2.24) is 0 Å². The minimum Gasteiger partial charge on any atom is -0.462 e. The third-order valence-corrected chi connectivity index (χ3v) is 3.90. The number of nitrogens with zero attached hydrogens (tertiary/aromatic N) is 2. The van der Waals surface area contributed by atoms with Crippen molar-refractivity contribution in [2.75, 3.05) is 30.0 Å². The highest BCUT2D eigenvalue weighted by Crippen LogP contribution is 2.41. The van der Waals surface area contributed by atoms with Crippen LogP contribution >= 0.6 is 0 Å². The number of ether oxygens (including phenoxy) is 1. The molecular formula is C17H20N2O2. The lowest BCUT2D eigenvalue weighted by Gasteiger charge is -2.25. The molecule has 0 bridgehead atoms. The van der Waals surface area contributed by atoms with E-state index in [1.807, 2.05) is 31.3 Å². The molecule has 1 aromatic rings. The molecule has 0 amide bonds. The van der Waals surface area contributed by atoms with Crippen LogP contribution in [0.25, 0.3) is 0 Å². The number of anilines is 2. The highest BCUT2D eigenvalue weighted by molar-refractivity contribution is 5.94. The van der Waals surface area contributed by atoms with Crippen LogP contribution in [0.15, 0.2) is 47.8 Å². The third-order valence-electron chi connectivity index (χ3n) is 3.90. The van der Waals surface area contributed by atoms with Gasteiger partial charge in [-0.05, 0) is 24.6 Å². The van der Waals surface area contributed by atoms with Crippen LogP contribution in [0.3, 0.4) is 0 Å². The first-order valence-corrected chi connectivity index (χ1v) is 7.41. The Kier molecular flexibility index (Phi) is 3.69. The molecule has 0 saturated heterocycles. The Balaban J connectivity index is 1.79. The number of rotatable bonds is 4. The van der Waals surface area contributed by atoms with Crippen LogP contribution in [0.5, 0.6) is 0 Å². The van der Waals surface area contributed by atoms with Crippen molar-refractivity contribution in [2.24, 2.45) is 0 Å². The minimum atomic E-state index is -0.222. The summed E-state index contributed by atoms with van der Waals surface area (Å²) in [5.41, 5.74) is 3.00. The lowest BCUT2D eigenvalue weighted by atomic mass is 10.1. The summed E-state index contributed by atoms with van der Waals surface area (Å²) in [6.07, 6.45) is 5.79. The maximum Gasteiger partial charge on any atom is 0.337 e. The second-order valence-electron chi connectivity index (χ2n) is 5.31. The first kappa shape index (κ1) is 13.7. The smallest absolute Gasteiger partial charge is 0.337 e. The number of para-hydroxylation sites is 2. The summed E-state index contributed by atoms with van der Waals surface area (Å²) in [6.45, 7) is 3.28. The van der Waals surface area contributed by atoms with Crippen LogP contribution in [0.2, 0.25) is 0 Å². The lowest BCUT2D eigenvalue weighted by Crippen LogP contribution is -2.29. The van der Waals surface area contributed by atoms with E-state index in [4.69, 9.17) is 4.74 Å². The SMILES string of the molecule is CCCCOC(=O)C1=CCN2C(=C1)N(C)c1ccccc12. The van der Waals surface area contributed by atoms with Gasteiger partial charge >= 0.3 is 5.97 Å². The van der Waals surface area contributed by atoms with Crippen LogP contribution in [0.1, 0.15) is 19.8 Å². The van der Waals surface area contributed by atoms with E-state index < -0.39 is 0 Å². The predicted molar refractivity (Wildman–Crippen MR) is 84.2 cm³/mol. The van der Waals surface area contributed by atoms with E-state index in [9.17, 15) is 4.79 Å². The van der Waals surface area contributed by atoms with Gasteiger partial charge in [-0.2, -0.15) is 0 Å². The normalized spacial score (nSPS) is 16.1. The molecule has 2 heterocycles. The minimum absolute atomic E-state index is 0.222. The standard InChI is InChI=1S/C17H20N2O2/c1-3-4-11-21-17(20)13-9-10-19-15-8-6-5-7-14(15)18(2)16(19)12-13/h5-9,12H,3-4,10-11H2,1-2H3. The molecule has 3 rings (SSSR count). The number of hydrogen-bond acceptors (Lipinski definition) is 4. The Bertz CT molecular complexity index is 619. The number of esters is 1. The summed E-state index contributed by atoms with van der Waals surface area (Å²) in [5, 5.41) is 0. The van der Waals surface area contributed by atoms with Crippen LogP contribution in [-0.2, 0) is 9.53 Å². The second kappa shape index (κ2) is 5.64. The molecule has 0 radical (unpaired) electrons. The summed E-state index contributed by atoms with van der Waals surface area (Å²) in [7, 11) is 2.02. The molecule has 0 spiro atoms. The van der Waals surface area contributed by atoms with Crippen LogP contribution in [-0.4, -0.2) is 26.2 Å². The second-order valence-corrected chi connectivity index (χ2v) is 5.31. The lowest BCUT2D eigenvalue weighted by molar-refractivity contribution is -0.138. The largest absolute Gasteiger partial charge is 0.462 e. The zero-order chi connectivity index (χ0) is 14.8. The fourth-order valence-electron chi connectivity index (χ4n) is 2.69. The van der Waals surface area contributed by atoms with Gasteiger partial charge in [0.05, 0.1) is 23.6 Å². The van der Waals surface area contributed by atoms with Crippen molar-refractivity contribution >= 4 is 17.3 Å². The average Bonchev–Trinajstić information content (AvgIpc) is 2.81. The number of benzene rings is 1. The molecule has 4 nitrogen and oxygen atoms in total. The first-order chi connectivity index (χ1) is 10.2. The Hall–Kier alpha value is -2.23. The molecule has 0 aliphatic carbocycles. The van der Waals surface area contributed by atoms with E-state index in [1.54, 1.807) is 0 Å². The van der Waals surface area contributed by atoms with Gasteiger partial charge in [0.1, 0.15) is 5.82 Å². The zero-order valence-electron chi connectivity index (χ0n) is 12.5. The molecule has 0 saturated carbocycles. The van der Waals surface area contributed by atoms with Crippen LogP contribution in [0.4, 0.5) is 11.4 Å². The highest BCUT2D eigenvalue weighted by Gasteiger charge is 2.31. The molecule has 2 aliphatic rings. The molecule has 0 atom stereocenters. The molecule has 0 unspecified atom stereocenters. The Morgan fingerprint density at radius 2 is 2.05 bits per heavy atom. The van der Waals surface area contributed by atoms with Gasteiger partial charge in [-0.25, -0.2) is 4.79 Å². The number of carbonyl (C=O) groups is 1. The van der Waals surface area contributed by atoms with Gasteiger partial charge in [-0.3, -0.25) is 0 Å². The van der Waals surface area contributed by atoms with E-state index in [-0.39, 0.29) is 5.97 Å². The van der Waals surface area contributed by atoms with Crippen LogP contribution in [0, 0.1) is 0 Å². The van der Waals surface area contributed by atoms with Gasteiger partial charge in [-0.15, -0.1) is 0 Å². The molecule has 2 aliphatic heterocycles. The van der Waals surface area contributed by atoms with Crippen LogP contribution < -0.4 is 9.80 Å². The van der Waals surface area contributed by atoms with Gasteiger partial charge in [0.15, 0.2) is 0 Å². The molecule has 0 N–H and O–H groups in total. The van der Waals surface area contributed by atoms with Gasteiger partial charge in [0.2, 0.25) is 0 Å². The molecule has 4 heteroatoms. The van der Waals surface area contributed by atoms with Crippen molar-refractivity contribution in [3.05, 3.63) is 47.8 Å². The van der Waals surface area contributed by atoms with E-state index in [2.05, 4.69) is 28.9 Å². The number of unbranched alkanes of at least 4 members (excludes halogenated alkanes) is 1. The molecule has 0 fully saturated rings. The van der Waals surface area contributed by atoms with Gasteiger partial charge < -0.3 is 14.5 Å². The van der Waals surface area contributed by atoms with Crippen molar-refractivity contribution in [3.8, 4) is 0 Å². The van der Waals surface area contributed by atoms with Gasteiger partial charge in [-0.1, -0.05) is 31.6 Å². The summed E-state index contributed by atoms with van der Waals surface area (Å²) >= 11 is 0. The van der Waals surface area contributed by atoms with E-state index in [1.165, 1.54) is 5.69 Å². The maximum atomic E-state index is 12.1. The fraction of sp³-hybridized carbons (Fsp3) is 0.353. The summed E-state index contributed by atoms with van der Waals surface area (Å²) < 4.78 is 5.29. The Labute approximate surface area is 125 Å². The zero-order valence-corrected chi connectivity index (χ0v) is 12.5. The monoisotopic (exact) mass is 284 g/mol. The molecule has 21 heavy (non-hydrogen) atoms. The van der Waals surface area contributed by atoms with Crippen molar-refractivity contribution in [1.29, 1.82) is 0 Å². The van der Waals surface area contributed by atoms with Crippen molar-refractivity contribution in [3.63, 3.8) is 0 Å². The van der Waals surface area contributed by atoms with Crippen molar-refractivity contribution in [2.45, 2.75) is 19.8 Å². The third kappa shape index (κ3) is 2.42. The first-order valence-electron chi connectivity index (χ1n) is 7.41. The number of hydrogen-bond donors (Lipinski definition) is 0. The number of carbonyl (C=O) groups excluding carboxylic acids is 1. The van der Waals surface area contributed by atoms with E-state index in [0.29, 0.717) is 18.7 Å². The summed E-state index contributed by atoms with van der Waals surface area (Å²) in [5.74, 6) is 0.807. The van der Waals surface area contributed by atoms with E-state index >= 15 is 0 Å². The quantitative estimate of drug-likeness (QED) is 0.628. The molecular weight excluding hydrogens is 264 g/mol. The Morgan fingerprint density at radius 1 is 1.29 bits per heavy atom. The Morgan fingerprint density at radius 3 is 2.81 bits per heavy atom. The maximum absolute atomic E-state index is 12.1. The average molecular weight is 284 g/mol. The molecule has 110 valence electrons. The van der Waals surface area contributed by atoms with Gasteiger partial charge in [0, 0.05) is 13.6 Å². The van der Waals surface area contributed by atoms with Crippen molar-refractivity contribution < 1.29 is 9.53 Å². The fourth-order valence-corrected chi connectivity index (χ4v) is 2.69. The summed E-state index contributed by atoms with van der Waals surface area (Å²) in [4.78, 5) is 16.4. The predicted octanol–water partition coefficient (Wildman–Crippen LogP) is 3.07. The molecule has 1 aromatic carbocycles.